The van der Waals surface area contributed by atoms with Gasteiger partial charge in [0.2, 0.25) is 5.91 Å². The summed E-state index contributed by atoms with van der Waals surface area (Å²) in [7, 11) is -4.86. The lowest BCUT2D eigenvalue weighted by atomic mass is 10.0. The Bertz CT molecular complexity index is 686. The second-order valence-electron chi connectivity index (χ2n) is 5.85. The quantitative estimate of drug-likeness (QED) is 0.405. The highest BCUT2D eigenvalue weighted by Crippen LogP contribution is 2.33. The molecule has 3 N–H and O–H groups in total. The number of piperidine rings is 1. The van der Waals surface area contributed by atoms with Crippen molar-refractivity contribution >= 4 is 28.2 Å². The van der Waals surface area contributed by atoms with Crippen LogP contribution in [0.5, 0.6) is 0 Å². The lowest BCUT2D eigenvalue weighted by Crippen LogP contribution is -2.54. The average Bonchev–Trinajstić information content (AvgIpc) is 3.20. The van der Waals surface area contributed by atoms with Crippen molar-refractivity contribution in [2.45, 2.75) is 37.5 Å². The molecule has 11 nitrogen and oxygen atoms in total. The minimum absolute atomic E-state index is 0.0373. The van der Waals surface area contributed by atoms with Crippen LogP contribution >= 0.6 is 0 Å². The zero-order valence-electron chi connectivity index (χ0n) is 12.2. The molecule has 2 aliphatic heterocycles. The van der Waals surface area contributed by atoms with Crippen molar-refractivity contribution in [3.63, 3.8) is 0 Å². The highest BCUT2D eigenvalue weighted by Gasteiger charge is 2.49. The topological polar surface area (TPSA) is 145 Å². The summed E-state index contributed by atoms with van der Waals surface area (Å²) >= 11 is 0. The molecule has 2 bridgehead atoms. The van der Waals surface area contributed by atoms with Crippen LogP contribution in [-0.4, -0.2) is 65.6 Å². The molecule has 4 amide bonds. The molecule has 3 fully saturated rings. The highest BCUT2D eigenvalue weighted by atomic mass is 32.3. The number of hydrazine groups is 1. The Morgan fingerprint density at radius 3 is 2.46 bits per heavy atom. The van der Waals surface area contributed by atoms with E-state index in [9.17, 15) is 27.2 Å². The van der Waals surface area contributed by atoms with Gasteiger partial charge in [0.1, 0.15) is 12.2 Å². The number of nitrogens with zero attached hydrogens (tertiary/aromatic N) is 2. The maximum atomic E-state index is 12.7. The van der Waals surface area contributed by atoms with Gasteiger partial charge in [0.25, 0.3) is 5.91 Å². The molecule has 24 heavy (non-hydrogen) atoms. The lowest BCUT2D eigenvalue weighted by molar-refractivity contribution is -0.132. The molecule has 3 aliphatic rings. The monoisotopic (exact) mass is 366 g/mol. The van der Waals surface area contributed by atoms with Gasteiger partial charge >= 0.3 is 16.4 Å². The van der Waals surface area contributed by atoms with E-state index in [1.165, 1.54) is 0 Å². The first kappa shape index (κ1) is 16.9. The molecule has 4 atom stereocenters. The minimum Gasteiger partial charge on any atom is -0.309 e. The molecule has 1 saturated carbocycles. The van der Waals surface area contributed by atoms with Gasteiger partial charge in [-0.1, -0.05) is 0 Å². The summed E-state index contributed by atoms with van der Waals surface area (Å²) in [5.74, 6) is -2.10. The predicted molar refractivity (Wildman–Crippen MR) is 72.7 cm³/mol. The molecule has 3 rings (SSSR count). The van der Waals surface area contributed by atoms with Gasteiger partial charge in [-0.2, -0.15) is 13.5 Å². The smallest absolute Gasteiger partial charge is 0.309 e. The number of urea groups is 1. The van der Waals surface area contributed by atoms with Crippen LogP contribution in [0.15, 0.2) is 0 Å². The number of hydrogen-bond donors (Lipinski definition) is 3. The van der Waals surface area contributed by atoms with Crippen molar-refractivity contribution < 1.29 is 36.0 Å². The van der Waals surface area contributed by atoms with E-state index < -0.39 is 52.4 Å². The third-order valence-corrected chi connectivity index (χ3v) is 4.51. The van der Waals surface area contributed by atoms with Gasteiger partial charge in [0.15, 0.2) is 0 Å². The standard InChI is InChI=1S/C11H15FN4O7S/c12-7-3-6(7)9(17)13-14-10(18)8-2-1-5-4-15(8)11(19)16(5)23-24(20,21)22/h5-8H,1-4H2,(H,13,17)(H,14,18)(H,20,21,22)/t5?,6?,7?,8-/m0/s1. The molecule has 0 radical (unpaired) electrons. The Kier molecular flexibility index (Phi) is 4.09. The zero-order valence-corrected chi connectivity index (χ0v) is 13.0. The number of carbonyl (C=O) groups excluding carboxylic acids is 3. The number of amides is 4. The van der Waals surface area contributed by atoms with Crippen LogP contribution in [-0.2, 0) is 24.3 Å². The summed E-state index contributed by atoms with van der Waals surface area (Å²) in [6, 6.07) is -2.44. The van der Waals surface area contributed by atoms with E-state index in [2.05, 4.69) is 15.1 Å². The Labute approximate surface area is 136 Å². The van der Waals surface area contributed by atoms with E-state index in [1.54, 1.807) is 0 Å². The Balaban J connectivity index is 1.59. The van der Waals surface area contributed by atoms with E-state index in [0.29, 0.717) is 5.06 Å². The van der Waals surface area contributed by atoms with Gasteiger partial charge in [-0.3, -0.25) is 25.0 Å². The number of carbonyl (C=O) groups is 3. The van der Waals surface area contributed by atoms with Crippen molar-refractivity contribution in [2.24, 2.45) is 5.92 Å². The van der Waals surface area contributed by atoms with E-state index in [1.807, 2.05) is 0 Å². The minimum atomic E-state index is -4.86. The van der Waals surface area contributed by atoms with Crippen LogP contribution in [0.4, 0.5) is 9.18 Å². The maximum Gasteiger partial charge on any atom is 0.418 e. The first-order valence-electron chi connectivity index (χ1n) is 7.18. The zero-order chi connectivity index (χ0) is 17.6. The average molecular weight is 366 g/mol. The summed E-state index contributed by atoms with van der Waals surface area (Å²) in [6.07, 6.45) is -0.625. The van der Waals surface area contributed by atoms with Gasteiger partial charge < -0.3 is 4.90 Å². The van der Waals surface area contributed by atoms with Crippen molar-refractivity contribution in [1.29, 1.82) is 0 Å². The number of alkyl halides is 1. The van der Waals surface area contributed by atoms with Crippen LogP contribution in [0.3, 0.4) is 0 Å². The fourth-order valence-corrected chi connectivity index (χ4v) is 3.23. The first-order chi connectivity index (χ1) is 11.2. The molecule has 0 aromatic carbocycles. The van der Waals surface area contributed by atoms with Crippen LogP contribution in [0.2, 0.25) is 0 Å². The summed E-state index contributed by atoms with van der Waals surface area (Å²) in [5, 5.41) is 0.513. The summed E-state index contributed by atoms with van der Waals surface area (Å²) < 4.78 is 47.2. The molecular formula is C11H15FN4O7S. The van der Waals surface area contributed by atoms with Crippen molar-refractivity contribution in [3.05, 3.63) is 0 Å². The fourth-order valence-electron chi connectivity index (χ4n) is 2.84. The SMILES string of the molecule is O=C(NNC(=O)[C@@H]1CCC2CN1C(=O)N2OS(=O)(=O)O)C1CC1F. The van der Waals surface area contributed by atoms with Crippen LogP contribution in [0, 0.1) is 5.92 Å². The number of rotatable bonds is 4. The van der Waals surface area contributed by atoms with E-state index in [4.69, 9.17) is 4.55 Å². The molecule has 13 heteroatoms. The number of hydroxylamine groups is 2. The molecule has 134 valence electrons. The maximum absolute atomic E-state index is 12.7. The Hall–Kier alpha value is -1.99. The Morgan fingerprint density at radius 1 is 1.25 bits per heavy atom. The van der Waals surface area contributed by atoms with Crippen LogP contribution in [0.1, 0.15) is 19.3 Å². The summed E-state index contributed by atoms with van der Waals surface area (Å²) in [6.45, 7) is 0.0373. The molecule has 1 aliphatic carbocycles. The second-order valence-corrected chi connectivity index (χ2v) is 6.85. The van der Waals surface area contributed by atoms with Gasteiger partial charge in [-0.25, -0.2) is 9.18 Å². The fraction of sp³-hybridized carbons (Fsp3) is 0.727. The third-order valence-electron chi connectivity index (χ3n) is 4.16. The first-order valence-corrected chi connectivity index (χ1v) is 8.54. The third kappa shape index (κ3) is 3.27. The molecule has 2 saturated heterocycles. The molecular weight excluding hydrogens is 351 g/mol. The van der Waals surface area contributed by atoms with E-state index >= 15 is 0 Å². The molecule has 0 aromatic rings. The van der Waals surface area contributed by atoms with Gasteiger partial charge in [0, 0.05) is 6.54 Å². The van der Waals surface area contributed by atoms with Crippen LogP contribution < -0.4 is 10.9 Å². The Morgan fingerprint density at radius 2 is 1.88 bits per heavy atom. The van der Waals surface area contributed by atoms with Crippen molar-refractivity contribution in [2.75, 3.05) is 6.54 Å². The molecule has 2 heterocycles. The van der Waals surface area contributed by atoms with Crippen molar-refractivity contribution in [1.82, 2.24) is 20.8 Å². The van der Waals surface area contributed by atoms with Crippen molar-refractivity contribution in [3.8, 4) is 0 Å². The number of fused-ring (bicyclic) bond motifs is 2. The number of halogens is 1. The van der Waals surface area contributed by atoms with E-state index in [-0.39, 0.29) is 25.8 Å². The number of hydrogen-bond acceptors (Lipinski definition) is 6. The summed E-state index contributed by atoms with van der Waals surface area (Å²) in [4.78, 5) is 36.8. The number of nitrogens with one attached hydrogen (secondary N) is 2. The molecule has 0 spiro atoms. The molecule has 0 aromatic heterocycles. The molecule has 3 unspecified atom stereocenters. The summed E-state index contributed by atoms with van der Waals surface area (Å²) in [5.41, 5.74) is 4.23. The van der Waals surface area contributed by atoms with Gasteiger partial charge in [-0.15, -0.1) is 4.28 Å². The second kappa shape index (κ2) is 5.82. The van der Waals surface area contributed by atoms with Crippen LogP contribution in [0.25, 0.3) is 0 Å². The lowest BCUT2D eigenvalue weighted by Gasteiger charge is -2.29. The van der Waals surface area contributed by atoms with Gasteiger partial charge in [-0.05, 0) is 19.3 Å². The van der Waals surface area contributed by atoms with E-state index in [0.717, 1.165) is 4.90 Å². The van der Waals surface area contributed by atoms with Gasteiger partial charge in [0.05, 0.1) is 12.0 Å². The highest BCUT2D eigenvalue weighted by molar-refractivity contribution is 7.80. The largest absolute Gasteiger partial charge is 0.418 e. The predicted octanol–water partition coefficient (Wildman–Crippen LogP) is -1.51. The normalized spacial score (nSPS) is 31.8.